The Bertz CT molecular complexity index is 762. The maximum Gasteiger partial charge on any atom is 0.320 e. The van der Waals surface area contributed by atoms with Crippen LogP contribution < -0.4 is 10.5 Å². The third-order valence-electron chi connectivity index (χ3n) is 4.79. The molecule has 10 nitrogen and oxygen atoms in total. The molecule has 1 saturated carbocycles. The number of hydrogen-bond donors (Lipinski definition) is 4. The first kappa shape index (κ1) is 16.5. The lowest BCUT2D eigenvalue weighted by Gasteiger charge is -2.17. The maximum atomic E-state index is 10.2. The lowest BCUT2D eigenvalue weighted by Crippen LogP contribution is -2.33. The van der Waals surface area contributed by atoms with E-state index in [9.17, 15) is 15.3 Å². The molecule has 10 heteroatoms. The van der Waals surface area contributed by atoms with Gasteiger partial charge in [-0.3, -0.25) is 4.57 Å². The number of aliphatic hydroxyl groups is 3. The van der Waals surface area contributed by atoms with Gasteiger partial charge in [-0.05, 0) is 25.7 Å². The molecule has 0 unspecified atom stereocenters. The number of hydrogen-bond acceptors (Lipinski definition) is 9. The smallest absolute Gasteiger partial charge is 0.320 e. The van der Waals surface area contributed by atoms with Crippen LogP contribution in [0.5, 0.6) is 6.01 Å². The van der Waals surface area contributed by atoms with Crippen LogP contribution in [0, 0.1) is 0 Å². The molecule has 3 heterocycles. The van der Waals surface area contributed by atoms with Gasteiger partial charge in [-0.1, -0.05) is 0 Å². The molecule has 4 atom stereocenters. The molecule has 2 aromatic rings. The summed E-state index contributed by atoms with van der Waals surface area (Å²) in [7, 11) is 0. The fourth-order valence-corrected chi connectivity index (χ4v) is 3.42. The van der Waals surface area contributed by atoms with Crippen LogP contribution in [-0.4, -0.2) is 65.9 Å². The Morgan fingerprint density at radius 3 is 2.68 bits per heavy atom. The highest BCUT2D eigenvalue weighted by Gasteiger charge is 2.44. The summed E-state index contributed by atoms with van der Waals surface area (Å²) in [5, 5.41) is 29.4. The lowest BCUT2D eigenvalue weighted by molar-refractivity contribution is -0.0511. The summed E-state index contributed by atoms with van der Waals surface area (Å²) in [5.74, 6) is 0.170. The number of ether oxygens (including phenoxy) is 2. The first-order valence-electron chi connectivity index (χ1n) is 8.37. The van der Waals surface area contributed by atoms with Crippen LogP contribution in [0.2, 0.25) is 0 Å². The number of fused-ring (bicyclic) bond motifs is 1. The molecule has 1 saturated heterocycles. The maximum absolute atomic E-state index is 10.2. The normalized spacial score (nSPS) is 30.4. The highest BCUT2D eigenvalue weighted by atomic mass is 16.6. The summed E-state index contributed by atoms with van der Waals surface area (Å²) in [4.78, 5) is 12.7. The third-order valence-corrected chi connectivity index (χ3v) is 4.79. The first-order valence-corrected chi connectivity index (χ1v) is 8.37. The molecule has 2 aromatic heterocycles. The zero-order chi connectivity index (χ0) is 17.6. The minimum atomic E-state index is -1.23. The van der Waals surface area contributed by atoms with E-state index in [1.807, 2.05) is 0 Å². The van der Waals surface area contributed by atoms with E-state index in [4.69, 9.17) is 15.2 Å². The second-order valence-corrected chi connectivity index (χ2v) is 6.47. The van der Waals surface area contributed by atoms with Crippen LogP contribution >= 0.6 is 0 Å². The molecular formula is C15H21N5O5. The van der Waals surface area contributed by atoms with Crippen molar-refractivity contribution < 1.29 is 24.8 Å². The zero-order valence-electron chi connectivity index (χ0n) is 13.5. The quantitative estimate of drug-likeness (QED) is 0.563. The van der Waals surface area contributed by atoms with Gasteiger partial charge >= 0.3 is 6.01 Å². The predicted octanol–water partition coefficient (Wildman–Crippen LogP) is -0.659. The van der Waals surface area contributed by atoms with Crippen molar-refractivity contribution in [2.75, 3.05) is 12.3 Å². The number of imidazole rings is 1. The van der Waals surface area contributed by atoms with E-state index < -0.39 is 31.1 Å². The number of nitrogens with two attached hydrogens (primary N) is 1. The van der Waals surface area contributed by atoms with Crippen LogP contribution in [0.4, 0.5) is 5.82 Å². The van der Waals surface area contributed by atoms with Crippen LogP contribution in [0.1, 0.15) is 31.9 Å². The number of nitrogens with zero attached hydrogens (tertiary/aromatic N) is 4. The molecule has 2 fully saturated rings. The third kappa shape index (κ3) is 2.80. The summed E-state index contributed by atoms with van der Waals surface area (Å²) in [5.41, 5.74) is 6.66. The van der Waals surface area contributed by atoms with Gasteiger partial charge in [-0.25, -0.2) is 4.98 Å². The van der Waals surface area contributed by atoms with Gasteiger partial charge in [0.15, 0.2) is 23.2 Å². The van der Waals surface area contributed by atoms with Crippen molar-refractivity contribution >= 4 is 17.0 Å². The Labute approximate surface area is 143 Å². The van der Waals surface area contributed by atoms with Crippen LogP contribution in [-0.2, 0) is 4.74 Å². The van der Waals surface area contributed by atoms with Gasteiger partial charge in [0.1, 0.15) is 24.4 Å². The Morgan fingerprint density at radius 2 is 2.00 bits per heavy atom. The molecule has 0 spiro atoms. The van der Waals surface area contributed by atoms with Crippen molar-refractivity contribution in [3.8, 4) is 6.01 Å². The molecule has 0 aromatic carbocycles. The average molecular weight is 351 g/mol. The number of nitrogen functional groups attached to an aromatic ring is 1. The van der Waals surface area contributed by atoms with Gasteiger partial charge < -0.3 is 30.5 Å². The van der Waals surface area contributed by atoms with Crippen molar-refractivity contribution in [2.45, 2.75) is 56.3 Å². The van der Waals surface area contributed by atoms with Gasteiger partial charge in [-0.15, -0.1) is 0 Å². The number of rotatable bonds is 4. The van der Waals surface area contributed by atoms with E-state index in [2.05, 4.69) is 15.0 Å². The summed E-state index contributed by atoms with van der Waals surface area (Å²) in [6.07, 6.45) is 1.36. The molecule has 2 aliphatic rings. The first-order chi connectivity index (χ1) is 12.1. The van der Waals surface area contributed by atoms with Crippen molar-refractivity contribution in [3.63, 3.8) is 0 Å². The van der Waals surface area contributed by atoms with E-state index in [1.165, 1.54) is 10.9 Å². The molecule has 0 bridgehead atoms. The van der Waals surface area contributed by atoms with E-state index in [-0.39, 0.29) is 17.9 Å². The Balaban J connectivity index is 1.68. The van der Waals surface area contributed by atoms with E-state index in [0.29, 0.717) is 11.2 Å². The molecule has 0 radical (unpaired) electrons. The number of anilines is 1. The van der Waals surface area contributed by atoms with Gasteiger partial charge in [0.05, 0.1) is 12.9 Å². The van der Waals surface area contributed by atoms with E-state index >= 15 is 0 Å². The molecule has 1 aliphatic heterocycles. The van der Waals surface area contributed by atoms with Gasteiger partial charge in [0, 0.05) is 0 Å². The standard InChI is InChI=1S/C15H21N5O5/c16-12-9-13(19-15(18-12)24-7-3-1-2-4-7)20(6-17-9)14-11(23)10(22)8(5-21)25-14/h6-8,10-11,14,21-23H,1-5H2,(H2,16,18,19)/t8-,10-,11-,14-/m1/s1. The molecule has 4 rings (SSSR count). The Morgan fingerprint density at radius 1 is 1.24 bits per heavy atom. The SMILES string of the molecule is Nc1nc(OC2CCCC2)nc2c1ncn2[C@@H]1O[C@H](CO)[C@@H](O)[C@H]1O. The molecular weight excluding hydrogens is 330 g/mol. The van der Waals surface area contributed by atoms with Gasteiger partial charge in [0.25, 0.3) is 0 Å². The Hall–Kier alpha value is -2.01. The van der Waals surface area contributed by atoms with Crippen molar-refractivity contribution in [1.82, 2.24) is 19.5 Å². The predicted molar refractivity (Wildman–Crippen MR) is 85.6 cm³/mol. The molecule has 5 N–H and O–H groups in total. The second kappa shape index (κ2) is 6.37. The average Bonchev–Trinajstić information content (AvgIpc) is 3.30. The highest BCUT2D eigenvalue weighted by Crippen LogP contribution is 2.33. The van der Waals surface area contributed by atoms with E-state index in [0.717, 1.165) is 25.7 Å². The summed E-state index contributed by atoms with van der Waals surface area (Å²) >= 11 is 0. The molecule has 0 amide bonds. The number of aliphatic hydroxyl groups excluding tert-OH is 3. The topological polar surface area (TPSA) is 149 Å². The van der Waals surface area contributed by atoms with Crippen LogP contribution in [0.3, 0.4) is 0 Å². The fraction of sp³-hybridized carbons (Fsp3) is 0.667. The van der Waals surface area contributed by atoms with Crippen LogP contribution in [0.25, 0.3) is 11.2 Å². The highest BCUT2D eigenvalue weighted by molar-refractivity contribution is 5.82. The number of aromatic nitrogens is 4. The minimum absolute atomic E-state index is 0.0714. The molecule has 136 valence electrons. The fourth-order valence-electron chi connectivity index (χ4n) is 3.42. The molecule has 1 aliphatic carbocycles. The van der Waals surface area contributed by atoms with Crippen LogP contribution in [0.15, 0.2) is 6.33 Å². The van der Waals surface area contributed by atoms with Gasteiger partial charge in [-0.2, -0.15) is 9.97 Å². The second-order valence-electron chi connectivity index (χ2n) is 6.47. The van der Waals surface area contributed by atoms with Gasteiger partial charge in [0.2, 0.25) is 0 Å². The van der Waals surface area contributed by atoms with E-state index in [1.54, 1.807) is 0 Å². The summed E-state index contributed by atoms with van der Waals surface area (Å²) in [6, 6.07) is 0.158. The zero-order valence-corrected chi connectivity index (χ0v) is 13.5. The lowest BCUT2D eigenvalue weighted by atomic mass is 10.1. The summed E-state index contributed by atoms with van der Waals surface area (Å²) < 4.78 is 12.8. The molecule has 25 heavy (non-hydrogen) atoms. The van der Waals surface area contributed by atoms with Crippen molar-refractivity contribution in [1.29, 1.82) is 0 Å². The largest absolute Gasteiger partial charge is 0.460 e. The van der Waals surface area contributed by atoms with Crippen molar-refractivity contribution in [3.05, 3.63) is 6.33 Å². The Kier molecular flexibility index (Phi) is 4.20. The monoisotopic (exact) mass is 351 g/mol. The summed E-state index contributed by atoms with van der Waals surface area (Å²) in [6.45, 7) is -0.408. The van der Waals surface area contributed by atoms with Crippen molar-refractivity contribution in [2.24, 2.45) is 0 Å². The minimum Gasteiger partial charge on any atom is -0.460 e.